The molecule has 2 aliphatic rings. The van der Waals surface area contributed by atoms with Crippen LogP contribution in [-0.4, -0.2) is 67.4 Å². The highest BCUT2D eigenvalue weighted by Crippen LogP contribution is 2.26. The number of carbonyl (C=O) groups excluding carboxylic acids is 2. The van der Waals surface area contributed by atoms with Crippen molar-refractivity contribution in [3.05, 3.63) is 23.8 Å². The van der Waals surface area contributed by atoms with Crippen LogP contribution in [0.1, 0.15) is 32.8 Å². The van der Waals surface area contributed by atoms with E-state index in [4.69, 9.17) is 0 Å². The molecule has 6 nitrogen and oxygen atoms in total. The van der Waals surface area contributed by atoms with E-state index in [1.807, 2.05) is 17.0 Å². The predicted molar refractivity (Wildman–Crippen MR) is 114 cm³/mol. The Hall–Kier alpha value is -2.08. The molecule has 0 saturated carbocycles. The zero-order valence-corrected chi connectivity index (χ0v) is 17.7. The van der Waals surface area contributed by atoms with E-state index in [1.54, 1.807) is 0 Å². The molecule has 0 spiro atoms. The number of piperazine rings is 1. The van der Waals surface area contributed by atoms with Crippen LogP contribution in [-0.2, 0) is 9.59 Å². The van der Waals surface area contributed by atoms with Gasteiger partial charge in [0.15, 0.2) is 0 Å². The Morgan fingerprint density at radius 2 is 1.93 bits per heavy atom. The first-order chi connectivity index (χ1) is 13.4. The molecule has 3 rings (SSSR count). The minimum absolute atomic E-state index is 0.0525. The Morgan fingerprint density at radius 1 is 1.21 bits per heavy atom. The topological polar surface area (TPSA) is 55.9 Å². The van der Waals surface area contributed by atoms with Crippen molar-refractivity contribution >= 4 is 23.2 Å². The minimum Gasteiger partial charge on any atom is -0.369 e. The molecular weight excluding hydrogens is 352 g/mol. The van der Waals surface area contributed by atoms with Crippen LogP contribution in [0.3, 0.4) is 0 Å². The third kappa shape index (κ3) is 4.85. The highest BCUT2D eigenvalue weighted by molar-refractivity contribution is 5.97. The van der Waals surface area contributed by atoms with Gasteiger partial charge in [-0.2, -0.15) is 0 Å². The molecule has 0 bridgehead atoms. The number of aryl methyl sites for hydroxylation is 1. The van der Waals surface area contributed by atoms with Gasteiger partial charge >= 0.3 is 0 Å². The highest BCUT2D eigenvalue weighted by atomic mass is 16.2. The van der Waals surface area contributed by atoms with E-state index in [9.17, 15) is 9.59 Å². The number of likely N-dealkylation sites (tertiary alicyclic amines) is 1. The van der Waals surface area contributed by atoms with E-state index >= 15 is 0 Å². The highest BCUT2D eigenvalue weighted by Gasteiger charge is 2.34. The molecule has 1 aromatic carbocycles. The zero-order valence-electron chi connectivity index (χ0n) is 17.7. The van der Waals surface area contributed by atoms with Crippen LogP contribution in [0, 0.1) is 18.8 Å². The van der Waals surface area contributed by atoms with Gasteiger partial charge in [-0.05, 0) is 43.1 Å². The van der Waals surface area contributed by atoms with Crippen LogP contribution in [0.4, 0.5) is 11.4 Å². The summed E-state index contributed by atoms with van der Waals surface area (Å²) in [6.45, 7) is 15.1. The molecule has 28 heavy (non-hydrogen) atoms. The molecule has 1 N–H and O–H groups in total. The predicted octanol–water partition coefficient (Wildman–Crippen LogP) is 2.58. The average Bonchev–Trinajstić information content (AvgIpc) is 3.02. The third-order valence-electron chi connectivity index (χ3n) is 5.80. The Morgan fingerprint density at radius 3 is 2.54 bits per heavy atom. The van der Waals surface area contributed by atoms with Gasteiger partial charge in [0.25, 0.3) is 0 Å². The van der Waals surface area contributed by atoms with Gasteiger partial charge in [-0.25, -0.2) is 0 Å². The van der Waals surface area contributed by atoms with Crippen LogP contribution >= 0.6 is 0 Å². The van der Waals surface area contributed by atoms with Gasteiger partial charge in [-0.15, -0.1) is 0 Å². The van der Waals surface area contributed by atoms with E-state index in [0.29, 0.717) is 18.9 Å². The normalized spacial score (nSPS) is 20.9. The lowest BCUT2D eigenvalue weighted by Crippen LogP contribution is -2.46. The molecule has 2 fully saturated rings. The number of hydrogen-bond acceptors (Lipinski definition) is 4. The van der Waals surface area contributed by atoms with E-state index in [-0.39, 0.29) is 17.7 Å². The number of anilines is 2. The van der Waals surface area contributed by atoms with Gasteiger partial charge in [0.05, 0.1) is 5.92 Å². The number of benzene rings is 1. The second-order valence-corrected chi connectivity index (χ2v) is 8.51. The number of hydrogen-bond donors (Lipinski definition) is 1. The van der Waals surface area contributed by atoms with Crippen LogP contribution in [0.15, 0.2) is 18.2 Å². The number of carbonyl (C=O) groups is 2. The van der Waals surface area contributed by atoms with Gasteiger partial charge in [-0.3, -0.25) is 9.59 Å². The van der Waals surface area contributed by atoms with Crippen LogP contribution in [0.25, 0.3) is 0 Å². The number of nitrogens with zero attached hydrogens (tertiary/aromatic N) is 3. The summed E-state index contributed by atoms with van der Waals surface area (Å²) in [7, 11) is 0. The monoisotopic (exact) mass is 386 g/mol. The molecule has 154 valence electrons. The van der Waals surface area contributed by atoms with Crippen molar-refractivity contribution in [2.24, 2.45) is 11.8 Å². The van der Waals surface area contributed by atoms with Crippen molar-refractivity contribution in [1.29, 1.82) is 0 Å². The summed E-state index contributed by atoms with van der Waals surface area (Å²) in [5, 5.41) is 3.02. The van der Waals surface area contributed by atoms with Crippen LogP contribution in [0.5, 0.6) is 0 Å². The number of likely N-dealkylation sites (N-methyl/N-ethyl adjacent to an activating group) is 1. The maximum absolute atomic E-state index is 12.7. The maximum atomic E-state index is 12.7. The maximum Gasteiger partial charge on any atom is 0.229 e. The first-order valence-corrected chi connectivity index (χ1v) is 10.5. The Balaban J connectivity index is 1.59. The average molecular weight is 387 g/mol. The first kappa shape index (κ1) is 20.6. The molecule has 6 heteroatoms. The van der Waals surface area contributed by atoms with Crippen LogP contribution in [0.2, 0.25) is 0 Å². The van der Waals surface area contributed by atoms with E-state index in [0.717, 1.165) is 45.0 Å². The first-order valence-electron chi connectivity index (χ1n) is 10.5. The fourth-order valence-electron chi connectivity index (χ4n) is 4.20. The lowest BCUT2D eigenvalue weighted by Gasteiger charge is -2.36. The standard InChI is InChI=1S/C22H34N4O2/c1-5-24-8-10-25(11-9-24)20-7-6-19(12-17(20)4)23-22(28)18-13-21(27)26(15-18)14-16(2)3/h6-7,12,16,18H,5,8-11,13-15H2,1-4H3,(H,23,28). The van der Waals surface area contributed by atoms with Gasteiger partial charge in [0, 0.05) is 57.1 Å². The molecule has 1 aromatic rings. The molecule has 2 amide bonds. The molecule has 1 unspecified atom stereocenters. The van der Waals surface area contributed by atoms with Gasteiger partial charge in [-0.1, -0.05) is 20.8 Å². The smallest absolute Gasteiger partial charge is 0.229 e. The second-order valence-electron chi connectivity index (χ2n) is 8.51. The summed E-state index contributed by atoms with van der Waals surface area (Å²) in [5.41, 5.74) is 3.23. The summed E-state index contributed by atoms with van der Waals surface area (Å²) in [6.07, 6.45) is 0.317. The summed E-state index contributed by atoms with van der Waals surface area (Å²) in [5.74, 6) is 0.198. The van der Waals surface area contributed by atoms with Crippen molar-refractivity contribution in [3.8, 4) is 0 Å². The molecule has 2 heterocycles. The van der Waals surface area contributed by atoms with Gasteiger partial charge in [0.1, 0.15) is 0 Å². The SMILES string of the molecule is CCN1CCN(c2ccc(NC(=O)C3CC(=O)N(CC(C)C)C3)cc2C)CC1. The molecule has 1 atom stereocenters. The Bertz CT molecular complexity index is 710. The minimum atomic E-state index is -0.256. The summed E-state index contributed by atoms with van der Waals surface area (Å²) >= 11 is 0. The fourth-order valence-corrected chi connectivity index (χ4v) is 4.20. The van der Waals surface area contributed by atoms with Crippen molar-refractivity contribution in [1.82, 2.24) is 9.80 Å². The Labute approximate surface area is 168 Å². The van der Waals surface area contributed by atoms with E-state index < -0.39 is 0 Å². The van der Waals surface area contributed by atoms with Crippen molar-refractivity contribution in [3.63, 3.8) is 0 Å². The fraction of sp³-hybridized carbons (Fsp3) is 0.636. The summed E-state index contributed by atoms with van der Waals surface area (Å²) in [6, 6.07) is 6.13. The number of rotatable bonds is 6. The van der Waals surface area contributed by atoms with Gasteiger partial charge in [0.2, 0.25) is 11.8 Å². The third-order valence-corrected chi connectivity index (χ3v) is 5.80. The molecule has 2 aliphatic heterocycles. The van der Waals surface area contributed by atoms with E-state index in [2.05, 4.69) is 48.9 Å². The summed E-state index contributed by atoms with van der Waals surface area (Å²) < 4.78 is 0. The Kier molecular flexibility index (Phi) is 6.60. The lowest BCUT2D eigenvalue weighted by molar-refractivity contribution is -0.128. The van der Waals surface area contributed by atoms with E-state index in [1.165, 1.54) is 11.3 Å². The molecule has 0 radical (unpaired) electrons. The molecule has 0 aromatic heterocycles. The molecule has 0 aliphatic carbocycles. The number of amides is 2. The zero-order chi connectivity index (χ0) is 20.3. The van der Waals surface area contributed by atoms with Crippen LogP contribution < -0.4 is 10.2 Å². The van der Waals surface area contributed by atoms with Crippen molar-refractivity contribution in [2.45, 2.75) is 34.1 Å². The largest absolute Gasteiger partial charge is 0.369 e. The number of nitrogens with one attached hydrogen (secondary N) is 1. The summed E-state index contributed by atoms with van der Waals surface area (Å²) in [4.78, 5) is 31.5. The molecule has 2 saturated heterocycles. The quantitative estimate of drug-likeness (QED) is 0.816. The van der Waals surface area contributed by atoms with Crippen molar-refractivity contribution in [2.75, 3.05) is 56.0 Å². The van der Waals surface area contributed by atoms with Gasteiger partial charge < -0.3 is 20.0 Å². The molecular formula is C22H34N4O2. The lowest BCUT2D eigenvalue weighted by atomic mass is 10.1. The second kappa shape index (κ2) is 8.95. The van der Waals surface area contributed by atoms with Crippen molar-refractivity contribution < 1.29 is 9.59 Å².